The van der Waals surface area contributed by atoms with Gasteiger partial charge in [0.05, 0.1) is 26.0 Å². The Morgan fingerprint density at radius 2 is 2.21 bits per heavy atom. The summed E-state index contributed by atoms with van der Waals surface area (Å²) in [6, 6.07) is 9.12. The van der Waals surface area contributed by atoms with Crippen molar-refractivity contribution in [2.24, 2.45) is 0 Å². The number of benzene rings is 1. The lowest BCUT2D eigenvalue weighted by Crippen LogP contribution is -2.29. The van der Waals surface area contributed by atoms with Gasteiger partial charge >= 0.3 is 6.09 Å². The molecule has 152 valence electrons. The summed E-state index contributed by atoms with van der Waals surface area (Å²) in [6.07, 6.45) is 0.712. The van der Waals surface area contributed by atoms with E-state index < -0.39 is 12.2 Å². The van der Waals surface area contributed by atoms with Gasteiger partial charge in [0.15, 0.2) is 6.10 Å². The number of para-hydroxylation sites is 1. The maximum absolute atomic E-state index is 11.7. The average molecular weight is 419 g/mol. The predicted octanol–water partition coefficient (Wildman–Crippen LogP) is 2.68. The largest absolute Gasteiger partial charge is 0.487 e. The number of β-amino-alcohol motifs (C(OH)–C–C–N with tert-alkyl or cyclic N) is 1. The average Bonchev–Trinajstić information content (AvgIpc) is 3.35. The number of aromatic nitrogens is 2. The van der Waals surface area contributed by atoms with Gasteiger partial charge < -0.3 is 29.2 Å². The molecule has 1 aliphatic rings. The van der Waals surface area contributed by atoms with Gasteiger partial charge in [-0.05, 0) is 35.9 Å². The molecule has 3 heterocycles. The van der Waals surface area contributed by atoms with E-state index >= 15 is 0 Å². The van der Waals surface area contributed by atoms with E-state index in [4.69, 9.17) is 30.6 Å². The molecular formula is C19H19ClN4O5. The lowest BCUT2D eigenvalue weighted by Gasteiger charge is -2.14. The monoisotopic (exact) mass is 418 g/mol. The molecule has 0 radical (unpaired) electrons. The van der Waals surface area contributed by atoms with Gasteiger partial charge in [0.2, 0.25) is 5.28 Å². The van der Waals surface area contributed by atoms with E-state index in [1.807, 2.05) is 24.3 Å². The Kier molecular flexibility index (Phi) is 5.68. The number of ether oxygens (including phenoxy) is 2. The standard InChI is InChI=1S/C19H19ClN4O5/c20-18-22-16-14(17(23-18)21-9-12-3-2-8-27-12)4-1-5-15(16)28-11-13-10-24(6-7-25)19(26)29-13/h1-5,8,13,25H,6-7,9-11H2,(H,21,22,23). The smallest absolute Gasteiger partial charge is 0.410 e. The number of nitrogens with zero attached hydrogens (tertiary/aromatic N) is 3. The zero-order valence-corrected chi connectivity index (χ0v) is 16.1. The molecule has 4 rings (SSSR count). The molecule has 1 unspecified atom stereocenters. The zero-order chi connectivity index (χ0) is 20.2. The Labute approximate surface area is 171 Å². The maximum atomic E-state index is 11.7. The molecule has 1 amide bonds. The summed E-state index contributed by atoms with van der Waals surface area (Å²) in [5, 5.41) is 13.0. The molecular weight excluding hydrogens is 400 g/mol. The van der Waals surface area contributed by atoms with Crippen molar-refractivity contribution in [1.29, 1.82) is 0 Å². The fraction of sp³-hybridized carbons (Fsp3) is 0.316. The Morgan fingerprint density at radius 1 is 1.31 bits per heavy atom. The predicted molar refractivity (Wildman–Crippen MR) is 105 cm³/mol. The Morgan fingerprint density at radius 3 is 3.00 bits per heavy atom. The van der Waals surface area contributed by atoms with Crippen LogP contribution in [0.1, 0.15) is 5.76 Å². The van der Waals surface area contributed by atoms with Crippen LogP contribution in [0.4, 0.5) is 10.6 Å². The molecule has 10 heteroatoms. The van der Waals surface area contributed by atoms with Crippen molar-refractivity contribution in [1.82, 2.24) is 14.9 Å². The highest BCUT2D eigenvalue weighted by atomic mass is 35.5. The number of halogens is 1. The molecule has 3 aromatic rings. The third kappa shape index (κ3) is 4.36. The summed E-state index contributed by atoms with van der Waals surface area (Å²) in [4.78, 5) is 21.7. The molecule has 1 aromatic carbocycles. The Hall–Kier alpha value is -3.04. The van der Waals surface area contributed by atoms with Crippen molar-refractivity contribution in [3.8, 4) is 5.75 Å². The summed E-state index contributed by atoms with van der Waals surface area (Å²) >= 11 is 6.12. The number of aliphatic hydroxyl groups is 1. The zero-order valence-electron chi connectivity index (χ0n) is 15.4. The first-order valence-electron chi connectivity index (χ1n) is 9.06. The number of rotatable bonds is 8. The SMILES string of the molecule is O=C1OC(COc2cccc3c(NCc4ccco4)nc(Cl)nc23)CN1CCO. The quantitative estimate of drug-likeness (QED) is 0.537. The van der Waals surface area contributed by atoms with E-state index in [9.17, 15) is 4.79 Å². The number of carbonyl (C=O) groups excluding carboxylic acids is 1. The molecule has 0 saturated carbocycles. The number of amides is 1. The number of furan rings is 1. The first-order valence-corrected chi connectivity index (χ1v) is 9.43. The molecule has 0 spiro atoms. The van der Waals surface area contributed by atoms with Gasteiger partial charge in [0.25, 0.3) is 0 Å². The van der Waals surface area contributed by atoms with Gasteiger partial charge in [0.1, 0.15) is 29.5 Å². The molecule has 1 atom stereocenters. The van der Waals surface area contributed by atoms with Crippen molar-refractivity contribution < 1.29 is 23.8 Å². The van der Waals surface area contributed by atoms with Crippen molar-refractivity contribution in [3.05, 3.63) is 47.6 Å². The van der Waals surface area contributed by atoms with Crippen molar-refractivity contribution >= 4 is 34.4 Å². The van der Waals surface area contributed by atoms with Gasteiger partial charge in [-0.15, -0.1) is 0 Å². The molecule has 1 aliphatic heterocycles. The molecule has 1 saturated heterocycles. The highest BCUT2D eigenvalue weighted by Gasteiger charge is 2.31. The number of hydrogen-bond acceptors (Lipinski definition) is 8. The summed E-state index contributed by atoms with van der Waals surface area (Å²) in [6.45, 7) is 1.07. The van der Waals surface area contributed by atoms with Crippen LogP contribution in [0.2, 0.25) is 5.28 Å². The van der Waals surface area contributed by atoms with E-state index in [1.54, 1.807) is 12.3 Å². The van der Waals surface area contributed by atoms with Crippen LogP contribution >= 0.6 is 11.6 Å². The summed E-state index contributed by atoms with van der Waals surface area (Å²) in [5.74, 6) is 1.82. The number of aliphatic hydroxyl groups excluding tert-OH is 1. The van der Waals surface area contributed by atoms with E-state index in [-0.39, 0.29) is 25.0 Å². The number of nitrogens with one attached hydrogen (secondary N) is 1. The maximum Gasteiger partial charge on any atom is 0.410 e. The van der Waals surface area contributed by atoms with Crippen LogP contribution in [0, 0.1) is 0 Å². The molecule has 29 heavy (non-hydrogen) atoms. The van der Waals surface area contributed by atoms with E-state index in [0.29, 0.717) is 30.2 Å². The number of cyclic esters (lactones) is 1. The van der Waals surface area contributed by atoms with Crippen LogP contribution in [0.3, 0.4) is 0 Å². The van der Waals surface area contributed by atoms with Crippen LogP contribution in [-0.2, 0) is 11.3 Å². The molecule has 0 bridgehead atoms. The second-order valence-corrected chi connectivity index (χ2v) is 6.75. The van der Waals surface area contributed by atoms with Crippen molar-refractivity contribution in [3.63, 3.8) is 0 Å². The highest BCUT2D eigenvalue weighted by molar-refractivity contribution is 6.29. The van der Waals surface area contributed by atoms with E-state index in [1.165, 1.54) is 4.90 Å². The first kappa shape index (κ1) is 19.3. The number of anilines is 1. The van der Waals surface area contributed by atoms with E-state index in [2.05, 4.69) is 15.3 Å². The number of carbonyl (C=O) groups is 1. The first-order chi connectivity index (χ1) is 14.1. The Balaban J connectivity index is 1.50. The number of hydrogen-bond donors (Lipinski definition) is 2. The van der Waals surface area contributed by atoms with Crippen LogP contribution < -0.4 is 10.1 Å². The van der Waals surface area contributed by atoms with Gasteiger partial charge in [-0.25, -0.2) is 14.8 Å². The summed E-state index contributed by atoms with van der Waals surface area (Å²) < 4.78 is 16.5. The van der Waals surface area contributed by atoms with Crippen molar-refractivity contribution in [2.45, 2.75) is 12.6 Å². The molecule has 1 fully saturated rings. The van der Waals surface area contributed by atoms with Gasteiger partial charge in [0, 0.05) is 11.9 Å². The molecule has 2 N–H and O–H groups in total. The third-order valence-corrected chi connectivity index (χ3v) is 4.59. The third-order valence-electron chi connectivity index (χ3n) is 4.42. The van der Waals surface area contributed by atoms with Crippen molar-refractivity contribution in [2.75, 3.05) is 31.6 Å². The summed E-state index contributed by atoms with van der Waals surface area (Å²) in [5.41, 5.74) is 0.547. The van der Waals surface area contributed by atoms with Gasteiger partial charge in [-0.3, -0.25) is 0 Å². The van der Waals surface area contributed by atoms with Gasteiger partial charge in [-0.2, -0.15) is 0 Å². The van der Waals surface area contributed by atoms with Crippen LogP contribution in [-0.4, -0.2) is 58.5 Å². The van der Waals surface area contributed by atoms with Gasteiger partial charge in [-0.1, -0.05) is 6.07 Å². The minimum Gasteiger partial charge on any atom is -0.487 e. The second-order valence-electron chi connectivity index (χ2n) is 6.41. The van der Waals surface area contributed by atoms with Crippen LogP contribution in [0.5, 0.6) is 5.75 Å². The van der Waals surface area contributed by atoms with E-state index in [0.717, 1.165) is 11.1 Å². The molecule has 9 nitrogen and oxygen atoms in total. The Bertz CT molecular complexity index is 998. The summed E-state index contributed by atoms with van der Waals surface area (Å²) in [7, 11) is 0. The normalized spacial score (nSPS) is 16.3. The number of fused-ring (bicyclic) bond motifs is 1. The minimum absolute atomic E-state index is 0.0805. The second kappa shape index (κ2) is 8.54. The molecule has 2 aromatic heterocycles. The minimum atomic E-state index is -0.458. The molecule has 0 aliphatic carbocycles. The lowest BCUT2D eigenvalue weighted by molar-refractivity contribution is 0.102. The topological polar surface area (TPSA) is 110 Å². The lowest BCUT2D eigenvalue weighted by atomic mass is 10.2. The fourth-order valence-electron chi connectivity index (χ4n) is 3.08. The highest BCUT2D eigenvalue weighted by Crippen LogP contribution is 2.30. The fourth-order valence-corrected chi connectivity index (χ4v) is 3.25. The van der Waals surface area contributed by atoms with Crippen LogP contribution in [0.15, 0.2) is 41.0 Å². The van der Waals surface area contributed by atoms with Crippen LogP contribution in [0.25, 0.3) is 10.9 Å².